The van der Waals surface area contributed by atoms with Crippen molar-refractivity contribution in [2.45, 2.75) is 45.8 Å². The van der Waals surface area contributed by atoms with Gasteiger partial charge in [0.15, 0.2) is 0 Å². The largest absolute Gasteiger partial charge is 0.489 e. The summed E-state index contributed by atoms with van der Waals surface area (Å²) in [4.78, 5) is 4.35. The van der Waals surface area contributed by atoms with E-state index in [1.165, 1.54) is 12.8 Å². The Kier molecular flexibility index (Phi) is 5.36. The van der Waals surface area contributed by atoms with E-state index in [4.69, 9.17) is 4.74 Å². The summed E-state index contributed by atoms with van der Waals surface area (Å²) in [6.07, 6.45) is 4.37. The standard InChI is InChI=1S/C17H24N2O/c1-4-6-13(2)19-12-14(3)20-16-9-8-15-7-5-10-18-17(15)11-16/h5,7-11,13-14,19H,4,6,12H2,1-3H3. The van der Waals surface area contributed by atoms with Crippen molar-refractivity contribution < 1.29 is 4.74 Å². The van der Waals surface area contributed by atoms with E-state index in [2.05, 4.69) is 43.2 Å². The van der Waals surface area contributed by atoms with Gasteiger partial charge in [0.2, 0.25) is 0 Å². The molecule has 1 aromatic heterocycles. The predicted octanol–water partition coefficient (Wildman–Crippen LogP) is 3.78. The van der Waals surface area contributed by atoms with Crippen molar-refractivity contribution in [3.63, 3.8) is 0 Å². The Labute approximate surface area is 121 Å². The van der Waals surface area contributed by atoms with Crippen LogP contribution in [0.4, 0.5) is 0 Å². The van der Waals surface area contributed by atoms with Gasteiger partial charge in [0.05, 0.1) is 5.52 Å². The van der Waals surface area contributed by atoms with Gasteiger partial charge in [0.25, 0.3) is 0 Å². The van der Waals surface area contributed by atoms with Gasteiger partial charge in [0.1, 0.15) is 11.9 Å². The molecule has 20 heavy (non-hydrogen) atoms. The van der Waals surface area contributed by atoms with E-state index in [0.29, 0.717) is 6.04 Å². The van der Waals surface area contributed by atoms with Crippen LogP contribution in [0.15, 0.2) is 36.5 Å². The van der Waals surface area contributed by atoms with Crippen LogP contribution in [0.3, 0.4) is 0 Å². The Morgan fingerprint density at radius 2 is 2.10 bits per heavy atom. The highest BCUT2D eigenvalue weighted by atomic mass is 16.5. The first kappa shape index (κ1) is 14.8. The maximum absolute atomic E-state index is 5.95. The topological polar surface area (TPSA) is 34.1 Å². The van der Waals surface area contributed by atoms with Crippen LogP contribution < -0.4 is 10.1 Å². The van der Waals surface area contributed by atoms with E-state index in [-0.39, 0.29) is 6.10 Å². The number of ether oxygens (including phenoxy) is 1. The van der Waals surface area contributed by atoms with Gasteiger partial charge in [-0.2, -0.15) is 0 Å². The molecule has 0 spiro atoms. The van der Waals surface area contributed by atoms with Crippen LogP contribution in [0.25, 0.3) is 10.9 Å². The van der Waals surface area contributed by atoms with Gasteiger partial charge in [-0.25, -0.2) is 0 Å². The molecule has 0 aliphatic heterocycles. The summed E-state index contributed by atoms with van der Waals surface area (Å²) in [7, 11) is 0. The summed E-state index contributed by atoms with van der Waals surface area (Å²) < 4.78 is 5.95. The van der Waals surface area contributed by atoms with Crippen molar-refractivity contribution in [2.75, 3.05) is 6.54 Å². The van der Waals surface area contributed by atoms with Crippen LogP contribution >= 0.6 is 0 Å². The second-order valence-electron chi connectivity index (χ2n) is 5.38. The number of nitrogens with one attached hydrogen (secondary N) is 1. The molecule has 2 unspecified atom stereocenters. The van der Waals surface area contributed by atoms with Crippen molar-refractivity contribution >= 4 is 10.9 Å². The molecule has 1 aromatic carbocycles. The molecule has 2 rings (SSSR count). The molecule has 1 N–H and O–H groups in total. The van der Waals surface area contributed by atoms with Crippen molar-refractivity contribution in [1.29, 1.82) is 0 Å². The Balaban J connectivity index is 1.90. The fourth-order valence-electron chi connectivity index (χ4n) is 2.30. The van der Waals surface area contributed by atoms with Crippen LogP contribution in [-0.4, -0.2) is 23.7 Å². The van der Waals surface area contributed by atoms with Crippen LogP contribution in [0.1, 0.15) is 33.6 Å². The molecule has 0 saturated carbocycles. The van der Waals surface area contributed by atoms with Gasteiger partial charge in [-0.3, -0.25) is 4.98 Å². The number of pyridine rings is 1. The van der Waals surface area contributed by atoms with E-state index in [0.717, 1.165) is 23.2 Å². The van der Waals surface area contributed by atoms with Gasteiger partial charge >= 0.3 is 0 Å². The molecule has 0 bridgehead atoms. The number of hydrogen-bond donors (Lipinski definition) is 1. The summed E-state index contributed by atoms with van der Waals surface area (Å²) in [5.41, 5.74) is 0.976. The fourth-order valence-corrected chi connectivity index (χ4v) is 2.30. The van der Waals surface area contributed by atoms with Crippen LogP contribution in [-0.2, 0) is 0 Å². The molecule has 108 valence electrons. The number of aromatic nitrogens is 1. The third-order valence-electron chi connectivity index (χ3n) is 3.39. The van der Waals surface area contributed by atoms with E-state index >= 15 is 0 Å². The molecule has 0 aliphatic rings. The van der Waals surface area contributed by atoms with E-state index in [1.54, 1.807) is 0 Å². The van der Waals surface area contributed by atoms with E-state index in [9.17, 15) is 0 Å². The van der Waals surface area contributed by atoms with Crippen molar-refractivity contribution in [2.24, 2.45) is 0 Å². The molecule has 0 radical (unpaired) electrons. The monoisotopic (exact) mass is 272 g/mol. The Morgan fingerprint density at radius 3 is 2.90 bits per heavy atom. The van der Waals surface area contributed by atoms with Gasteiger partial charge in [-0.15, -0.1) is 0 Å². The molecule has 0 saturated heterocycles. The summed E-state index contributed by atoms with van der Waals surface area (Å²) in [6.45, 7) is 7.38. The number of hydrogen-bond acceptors (Lipinski definition) is 3. The maximum Gasteiger partial charge on any atom is 0.121 e. The first-order valence-electron chi connectivity index (χ1n) is 7.44. The first-order valence-corrected chi connectivity index (χ1v) is 7.44. The highest BCUT2D eigenvalue weighted by molar-refractivity contribution is 5.79. The second kappa shape index (κ2) is 7.25. The first-order chi connectivity index (χ1) is 9.69. The molecule has 0 aliphatic carbocycles. The summed E-state index contributed by atoms with van der Waals surface area (Å²) >= 11 is 0. The Hall–Kier alpha value is -1.61. The smallest absolute Gasteiger partial charge is 0.121 e. The van der Waals surface area contributed by atoms with Crippen molar-refractivity contribution in [1.82, 2.24) is 10.3 Å². The predicted molar refractivity (Wildman–Crippen MR) is 84.2 cm³/mol. The van der Waals surface area contributed by atoms with Crippen LogP contribution in [0, 0.1) is 0 Å². The zero-order chi connectivity index (χ0) is 14.4. The lowest BCUT2D eigenvalue weighted by molar-refractivity contribution is 0.211. The van der Waals surface area contributed by atoms with Gasteiger partial charge in [-0.05, 0) is 38.5 Å². The van der Waals surface area contributed by atoms with Gasteiger partial charge in [-0.1, -0.05) is 19.4 Å². The second-order valence-corrected chi connectivity index (χ2v) is 5.38. The summed E-state index contributed by atoms with van der Waals surface area (Å²) in [5, 5.41) is 4.64. The highest BCUT2D eigenvalue weighted by Crippen LogP contribution is 2.19. The van der Waals surface area contributed by atoms with Crippen molar-refractivity contribution in [3.05, 3.63) is 36.5 Å². The average molecular weight is 272 g/mol. The molecular weight excluding hydrogens is 248 g/mol. The van der Waals surface area contributed by atoms with Crippen LogP contribution in [0.5, 0.6) is 5.75 Å². The van der Waals surface area contributed by atoms with Crippen LogP contribution in [0.2, 0.25) is 0 Å². The number of rotatable bonds is 7. The highest BCUT2D eigenvalue weighted by Gasteiger charge is 2.07. The van der Waals surface area contributed by atoms with Crippen molar-refractivity contribution in [3.8, 4) is 5.75 Å². The molecule has 2 aromatic rings. The van der Waals surface area contributed by atoms with E-state index < -0.39 is 0 Å². The third kappa shape index (κ3) is 4.20. The molecule has 1 heterocycles. The molecule has 3 nitrogen and oxygen atoms in total. The summed E-state index contributed by atoms with van der Waals surface area (Å²) in [6, 6.07) is 10.6. The number of nitrogens with zero attached hydrogens (tertiary/aromatic N) is 1. The Morgan fingerprint density at radius 1 is 1.25 bits per heavy atom. The minimum atomic E-state index is 0.149. The molecule has 0 fully saturated rings. The molecule has 3 heteroatoms. The fraction of sp³-hybridized carbons (Fsp3) is 0.471. The lowest BCUT2D eigenvalue weighted by Gasteiger charge is -2.19. The normalized spacial score (nSPS) is 14.2. The van der Waals surface area contributed by atoms with E-state index in [1.807, 2.05) is 24.4 Å². The quantitative estimate of drug-likeness (QED) is 0.833. The minimum Gasteiger partial charge on any atom is -0.489 e. The third-order valence-corrected chi connectivity index (χ3v) is 3.39. The lowest BCUT2D eigenvalue weighted by atomic mass is 10.2. The maximum atomic E-state index is 5.95. The minimum absolute atomic E-state index is 0.149. The molecule has 2 atom stereocenters. The number of fused-ring (bicyclic) bond motifs is 1. The molecule has 0 amide bonds. The number of benzene rings is 1. The molecular formula is C17H24N2O. The zero-order valence-corrected chi connectivity index (χ0v) is 12.6. The van der Waals surface area contributed by atoms with Gasteiger partial charge < -0.3 is 10.1 Å². The zero-order valence-electron chi connectivity index (χ0n) is 12.6. The van der Waals surface area contributed by atoms with Gasteiger partial charge in [0, 0.05) is 30.2 Å². The summed E-state index contributed by atoms with van der Waals surface area (Å²) in [5.74, 6) is 0.883. The Bertz CT molecular complexity index is 541. The lowest BCUT2D eigenvalue weighted by Crippen LogP contribution is -2.34. The average Bonchev–Trinajstić information content (AvgIpc) is 2.45. The SMILES string of the molecule is CCCC(C)NCC(C)Oc1ccc2cccnc2c1.